The van der Waals surface area contributed by atoms with Crippen LogP contribution in [0.2, 0.25) is 0 Å². The lowest BCUT2D eigenvalue weighted by atomic mass is 9.78. The summed E-state index contributed by atoms with van der Waals surface area (Å²) in [5.74, 6) is -2.71. The zero-order valence-corrected chi connectivity index (χ0v) is 32.7. The number of alkyl halides is 3. The van der Waals surface area contributed by atoms with Crippen LogP contribution >= 0.6 is 12.2 Å². The number of carbonyl (C=O) groups is 3. The molecule has 2 aromatic heterocycles. The highest BCUT2D eigenvalue weighted by molar-refractivity contribution is 7.80. The summed E-state index contributed by atoms with van der Waals surface area (Å²) in [5.41, 5.74) is -0.328. The van der Waals surface area contributed by atoms with Crippen molar-refractivity contribution < 1.29 is 31.9 Å². The molecule has 0 fully saturated rings. The fraction of sp³-hybridized carbons (Fsp3) is 0.439. The van der Waals surface area contributed by atoms with E-state index in [1.54, 1.807) is 31.5 Å². The van der Waals surface area contributed by atoms with Crippen molar-refractivity contribution in [1.29, 1.82) is 0 Å². The maximum absolute atomic E-state index is 14.8. The van der Waals surface area contributed by atoms with Gasteiger partial charge in [0, 0.05) is 49.0 Å². The van der Waals surface area contributed by atoms with Gasteiger partial charge in [0.25, 0.3) is 0 Å². The maximum Gasteiger partial charge on any atom is 0.418 e. The van der Waals surface area contributed by atoms with Gasteiger partial charge in [-0.2, -0.15) is 13.2 Å². The lowest BCUT2D eigenvalue weighted by molar-refractivity contribution is -0.137. The van der Waals surface area contributed by atoms with Gasteiger partial charge in [-0.25, -0.2) is 4.39 Å². The van der Waals surface area contributed by atoms with E-state index >= 15 is 0 Å². The van der Waals surface area contributed by atoms with Gasteiger partial charge in [-0.3, -0.25) is 19.4 Å². The van der Waals surface area contributed by atoms with Gasteiger partial charge in [-0.15, -0.1) is 0 Å². The van der Waals surface area contributed by atoms with E-state index in [2.05, 4.69) is 36.6 Å². The summed E-state index contributed by atoms with van der Waals surface area (Å²) in [6, 6.07) is 11.9. The Hall–Kier alpha value is -5.05. The summed E-state index contributed by atoms with van der Waals surface area (Å²) < 4.78 is 56.7. The van der Waals surface area contributed by atoms with E-state index in [-0.39, 0.29) is 55.1 Å². The predicted molar refractivity (Wildman–Crippen MR) is 211 cm³/mol. The molecule has 2 unspecified atom stereocenters. The molecule has 0 saturated carbocycles. The number of aryl methyl sites for hydroxylation is 1. The van der Waals surface area contributed by atoms with Crippen LogP contribution in [0.1, 0.15) is 74.9 Å². The molecular formula is C41H49F4N7O3S. The van der Waals surface area contributed by atoms with Crippen molar-refractivity contribution in [3.8, 4) is 0 Å². The molecular weight excluding hydrogens is 747 g/mol. The van der Waals surface area contributed by atoms with Gasteiger partial charge in [0.2, 0.25) is 17.7 Å². The molecule has 56 heavy (non-hydrogen) atoms. The summed E-state index contributed by atoms with van der Waals surface area (Å²) in [6.07, 6.45) is -0.258. The zero-order valence-electron chi connectivity index (χ0n) is 31.9. The Bertz CT molecular complexity index is 2030. The molecule has 0 bridgehead atoms. The highest BCUT2D eigenvalue weighted by Crippen LogP contribution is 2.40. The number of pyridine rings is 1. The standard InChI is InChI=1S/C41H49F4N7O3S/c1-5-24(3)33(23-48-39(56)47-22-26-15-18-46-19-16-26)50-38(55)40(17-14-32-29(21-40)28-11-9-12-30(36(28)49-32)41(43,44)45)52-37(54)35(25(4)6-2)51-34(53)20-27-10-7-8-13-31(27)42/h7-13,15-16,18-19,24-25,33,35,49H,5-6,14,17,20-23H2,1-4H3,(H,50,55)(H,51,53)(H,52,54)(H2,47,48,56)/t24?,25?,33-,35+,40-/m1/s1. The lowest BCUT2D eigenvalue weighted by Gasteiger charge is -2.40. The second-order valence-electron chi connectivity index (χ2n) is 14.6. The zero-order chi connectivity index (χ0) is 40.6. The van der Waals surface area contributed by atoms with E-state index < -0.39 is 52.9 Å². The number of halogens is 4. The number of H-pyrrole nitrogens is 1. The Labute approximate surface area is 329 Å². The fourth-order valence-corrected chi connectivity index (χ4v) is 7.21. The molecule has 0 spiro atoms. The number of aromatic nitrogens is 2. The number of nitrogens with one attached hydrogen (secondary N) is 6. The number of fused-ring (bicyclic) bond motifs is 3. The van der Waals surface area contributed by atoms with Crippen molar-refractivity contribution >= 4 is 46.0 Å². The van der Waals surface area contributed by atoms with Gasteiger partial charge in [0.1, 0.15) is 17.4 Å². The molecule has 1 aliphatic rings. The first-order valence-electron chi connectivity index (χ1n) is 18.9. The van der Waals surface area contributed by atoms with Gasteiger partial charge in [0.15, 0.2) is 5.11 Å². The monoisotopic (exact) mass is 795 g/mol. The number of aromatic amines is 1. The number of para-hydroxylation sites is 1. The number of hydrogen-bond acceptors (Lipinski definition) is 5. The first-order valence-corrected chi connectivity index (χ1v) is 19.3. The number of nitrogens with zero attached hydrogens (tertiary/aromatic N) is 1. The molecule has 10 nitrogen and oxygen atoms in total. The van der Waals surface area contributed by atoms with Gasteiger partial charge in [-0.1, -0.05) is 70.9 Å². The molecule has 300 valence electrons. The third-order valence-electron chi connectivity index (χ3n) is 10.9. The van der Waals surface area contributed by atoms with Crippen molar-refractivity contribution in [3.63, 3.8) is 0 Å². The van der Waals surface area contributed by atoms with Gasteiger partial charge in [-0.05, 0) is 77.9 Å². The van der Waals surface area contributed by atoms with Crippen LogP contribution in [-0.2, 0) is 46.4 Å². The van der Waals surface area contributed by atoms with Gasteiger partial charge in [0.05, 0.1) is 17.5 Å². The Morgan fingerprint density at radius 3 is 2.34 bits per heavy atom. The predicted octanol–water partition coefficient (Wildman–Crippen LogP) is 6.03. The van der Waals surface area contributed by atoms with Crippen molar-refractivity contribution in [2.75, 3.05) is 6.54 Å². The molecule has 0 saturated heterocycles. The quantitative estimate of drug-likeness (QED) is 0.0638. The molecule has 2 heterocycles. The van der Waals surface area contributed by atoms with Crippen molar-refractivity contribution in [2.24, 2.45) is 11.8 Å². The van der Waals surface area contributed by atoms with E-state index in [9.17, 15) is 31.9 Å². The van der Waals surface area contributed by atoms with E-state index in [0.29, 0.717) is 41.1 Å². The van der Waals surface area contributed by atoms with E-state index in [4.69, 9.17) is 12.2 Å². The van der Waals surface area contributed by atoms with Crippen LogP contribution in [0.3, 0.4) is 0 Å². The average molecular weight is 796 g/mol. The van der Waals surface area contributed by atoms with Crippen LogP contribution in [0.15, 0.2) is 67.0 Å². The van der Waals surface area contributed by atoms with Crippen LogP contribution in [0, 0.1) is 17.7 Å². The molecule has 15 heteroatoms. The second-order valence-corrected chi connectivity index (χ2v) is 15.0. The number of benzene rings is 2. The molecule has 4 aromatic rings. The van der Waals surface area contributed by atoms with Crippen molar-refractivity contribution in [1.82, 2.24) is 36.6 Å². The highest BCUT2D eigenvalue weighted by atomic mass is 32.1. The molecule has 3 amide bonds. The van der Waals surface area contributed by atoms with Crippen LogP contribution in [-0.4, -0.2) is 57.0 Å². The molecule has 5 atom stereocenters. The molecule has 5 rings (SSSR count). The third-order valence-corrected chi connectivity index (χ3v) is 11.2. The minimum absolute atomic E-state index is 0.0469. The van der Waals surface area contributed by atoms with Crippen LogP contribution < -0.4 is 26.6 Å². The first kappa shape index (κ1) is 42.1. The second kappa shape index (κ2) is 18.3. The third kappa shape index (κ3) is 10.0. The van der Waals surface area contributed by atoms with Gasteiger partial charge < -0.3 is 31.6 Å². The van der Waals surface area contributed by atoms with Gasteiger partial charge >= 0.3 is 6.18 Å². The fourth-order valence-electron chi connectivity index (χ4n) is 7.05. The number of rotatable bonds is 15. The maximum atomic E-state index is 14.8. The Morgan fingerprint density at radius 2 is 1.66 bits per heavy atom. The smallest absolute Gasteiger partial charge is 0.361 e. The molecule has 0 radical (unpaired) electrons. The summed E-state index contributed by atoms with van der Waals surface area (Å²) in [5, 5.41) is 15.9. The van der Waals surface area contributed by atoms with Crippen LogP contribution in [0.25, 0.3) is 10.9 Å². The van der Waals surface area contributed by atoms with E-state index in [1.807, 2.05) is 32.9 Å². The summed E-state index contributed by atoms with van der Waals surface area (Å²) in [6.45, 7) is 8.32. The van der Waals surface area contributed by atoms with Crippen LogP contribution in [0.4, 0.5) is 17.6 Å². The topological polar surface area (TPSA) is 140 Å². The summed E-state index contributed by atoms with van der Waals surface area (Å²) in [7, 11) is 0. The summed E-state index contributed by atoms with van der Waals surface area (Å²) in [4.78, 5) is 49.4. The molecule has 0 aliphatic heterocycles. The minimum atomic E-state index is -4.62. The number of hydrogen-bond donors (Lipinski definition) is 6. The van der Waals surface area contributed by atoms with E-state index in [1.165, 1.54) is 24.3 Å². The largest absolute Gasteiger partial charge is 0.418 e. The first-order chi connectivity index (χ1) is 26.7. The lowest BCUT2D eigenvalue weighted by Crippen LogP contribution is -2.67. The van der Waals surface area contributed by atoms with Crippen molar-refractivity contribution in [3.05, 3.63) is 101 Å². The number of carbonyl (C=O) groups excluding carboxylic acids is 3. The molecule has 2 aromatic carbocycles. The Morgan fingerprint density at radius 1 is 0.946 bits per heavy atom. The Balaban J connectivity index is 1.44. The van der Waals surface area contributed by atoms with Crippen LogP contribution in [0.5, 0.6) is 0 Å². The number of thiocarbonyl (C=S) groups is 1. The molecule has 1 aliphatic carbocycles. The minimum Gasteiger partial charge on any atom is -0.361 e. The van der Waals surface area contributed by atoms with Crippen molar-refractivity contribution in [2.45, 2.75) is 96.6 Å². The summed E-state index contributed by atoms with van der Waals surface area (Å²) >= 11 is 5.53. The highest BCUT2D eigenvalue weighted by Gasteiger charge is 2.47. The molecule has 6 N–H and O–H groups in total. The normalized spacial score (nSPS) is 17.5. The van der Waals surface area contributed by atoms with E-state index in [0.717, 1.165) is 11.6 Å². The Kier molecular flexibility index (Phi) is 13.7. The SMILES string of the molecule is CCC(C)[C@H](NC(=O)Cc1ccccc1F)C(=O)N[C@]1(C(=O)N[C@H](CNC(=S)NCc2ccncc2)C(C)CC)CCc2[nH]c3c(C(F)(F)F)cccc3c2C1. The number of amides is 3. The average Bonchev–Trinajstić information content (AvgIpc) is 3.55.